The summed E-state index contributed by atoms with van der Waals surface area (Å²) in [4.78, 5) is 15.9. The van der Waals surface area contributed by atoms with Gasteiger partial charge in [-0.3, -0.25) is 14.6 Å². The van der Waals surface area contributed by atoms with E-state index in [1.165, 1.54) is 6.33 Å². The molecule has 0 radical (unpaired) electrons. The van der Waals surface area contributed by atoms with Crippen LogP contribution in [0.1, 0.15) is 36.2 Å². The smallest absolute Gasteiger partial charge is 0.248 e. The van der Waals surface area contributed by atoms with Gasteiger partial charge in [0.05, 0.1) is 10.7 Å². The Morgan fingerprint density at radius 3 is 2.88 bits per heavy atom. The van der Waals surface area contributed by atoms with Gasteiger partial charge in [0.15, 0.2) is 5.82 Å². The summed E-state index contributed by atoms with van der Waals surface area (Å²) >= 11 is 3.31. The van der Waals surface area contributed by atoms with Crippen molar-refractivity contribution in [2.24, 2.45) is 0 Å². The highest BCUT2D eigenvalue weighted by atomic mass is 79.9. The molecule has 7 heteroatoms. The van der Waals surface area contributed by atoms with Gasteiger partial charge in [-0.1, -0.05) is 0 Å². The maximum atomic E-state index is 12.1. The molecular formula is C9H10BrN5O. The van der Waals surface area contributed by atoms with Crippen molar-refractivity contribution >= 4 is 21.7 Å². The Balaban J connectivity index is 2.48. The quantitative estimate of drug-likeness (QED) is 0.868. The molecule has 0 fully saturated rings. The van der Waals surface area contributed by atoms with Crippen LogP contribution in [0, 0.1) is 0 Å². The van der Waals surface area contributed by atoms with E-state index >= 15 is 0 Å². The first-order chi connectivity index (χ1) is 7.61. The molecule has 0 amide bonds. The number of hydrogen-bond donors (Lipinski definition) is 1. The Hall–Kier alpha value is -1.50. The Bertz CT molecular complexity index is 502. The minimum atomic E-state index is -0.226. The van der Waals surface area contributed by atoms with Crippen LogP contribution in [0.25, 0.3) is 0 Å². The Kier molecular flexibility index (Phi) is 2.86. The first kappa shape index (κ1) is 11.0. The molecule has 2 aromatic rings. The number of H-pyrrole nitrogens is 1. The van der Waals surface area contributed by atoms with Gasteiger partial charge in [-0.2, -0.15) is 10.2 Å². The molecule has 0 saturated carbocycles. The first-order valence-corrected chi connectivity index (χ1v) is 5.53. The standard InChI is InChI=1S/C9H10BrN5O/c1-5(2)15-7(6(10)3-13-15)8(16)9-11-4-12-14-9/h3-5H,1-2H3,(H,11,12,14). The molecule has 16 heavy (non-hydrogen) atoms. The molecule has 0 aromatic carbocycles. The van der Waals surface area contributed by atoms with Crippen molar-refractivity contribution in [3.8, 4) is 0 Å². The van der Waals surface area contributed by atoms with E-state index in [1.54, 1.807) is 10.9 Å². The molecule has 0 bridgehead atoms. The SMILES string of the molecule is CC(C)n1ncc(Br)c1C(=O)c1ncn[nH]1. The summed E-state index contributed by atoms with van der Waals surface area (Å²) in [6, 6.07) is 0.105. The van der Waals surface area contributed by atoms with Gasteiger partial charge >= 0.3 is 0 Å². The molecule has 1 N–H and O–H groups in total. The number of rotatable bonds is 3. The lowest BCUT2D eigenvalue weighted by atomic mass is 10.2. The summed E-state index contributed by atoms with van der Waals surface area (Å²) in [5.74, 6) is -0.0151. The highest BCUT2D eigenvalue weighted by Gasteiger charge is 2.22. The molecule has 0 aliphatic carbocycles. The van der Waals surface area contributed by atoms with E-state index in [4.69, 9.17) is 0 Å². The Morgan fingerprint density at radius 2 is 2.31 bits per heavy atom. The summed E-state index contributed by atoms with van der Waals surface area (Å²) in [5, 5.41) is 10.3. The number of ketones is 1. The van der Waals surface area contributed by atoms with Crippen LogP contribution in [0.15, 0.2) is 17.0 Å². The van der Waals surface area contributed by atoms with E-state index in [0.717, 1.165) is 0 Å². The molecule has 6 nitrogen and oxygen atoms in total. The summed E-state index contributed by atoms with van der Waals surface area (Å²) in [5.41, 5.74) is 0.478. The topological polar surface area (TPSA) is 76.5 Å². The number of hydrogen-bond acceptors (Lipinski definition) is 4. The van der Waals surface area contributed by atoms with Crippen molar-refractivity contribution < 1.29 is 4.79 Å². The maximum absolute atomic E-state index is 12.1. The molecule has 0 spiro atoms. The average molecular weight is 284 g/mol. The normalized spacial score (nSPS) is 11.0. The molecule has 0 aliphatic heterocycles. The van der Waals surface area contributed by atoms with Crippen molar-refractivity contribution in [2.45, 2.75) is 19.9 Å². The van der Waals surface area contributed by atoms with Crippen molar-refractivity contribution in [3.05, 3.63) is 28.5 Å². The van der Waals surface area contributed by atoms with E-state index in [0.29, 0.717) is 10.2 Å². The van der Waals surface area contributed by atoms with Crippen LogP contribution in [0.4, 0.5) is 0 Å². The molecule has 2 heterocycles. The lowest BCUT2D eigenvalue weighted by molar-refractivity contribution is 0.101. The van der Waals surface area contributed by atoms with Gasteiger partial charge in [-0.25, -0.2) is 4.98 Å². The minimum Gasteiger partial charge on any atom is -0.283 e. The van der Waals surface area contributed by atoms with Gasteiger partial charge in [0, 0.05) is 6.04 Å². The third-order valence-corrected chi connectivity index (χ3v) is 2.67. The molecule has 84 valence electrons. The molecule has 2 rings (SSSR count). The zero-order chi connectivity index (χ0) is 11.7. The second-order valence-electron chi connectivity index (χ2n) is 3.54. The Morgan fingerprint density at radius 1 is 1.56 bits per heavy atom. The zero-order valence-corrected chi connectivity index (χ0v) is 10.4. The fourth-order valence-electron chi connectivity index (χ4n) is 1.37. The second-order valence-corrected chi connectivity index (χ2v) is 4.40. The zero-order valence-electron chi connectivity index (χ0n) is 8.81. The predicted molar refractivity (Wildman–Crippen MR) is 60.1 cm³/mol. The van der Waals surface area contributed by atoms with E-state index in [2.05, 4.69) is 36.2 Å². The lowest BCUT2D eigenvalue weighted by Gasteiger charge is -2.09. The largest absolute Gasteiger partial charge is 0.283 e. The van der Waals surface area contributed by atoms with Crippen LogP contribution in [0.3, 0.4) is 0 Å². The number of nitrogens with one attached hydrogen (secondary N) is 1. The summed E-state index contributed by atoms with van der Waals surface area (Å²) in [6.07, 6.45) is 2.90. The summed E-state index contributed by atoms with van der Waals surface area (Å²) in [7, 11) is 0. The van der Waals surface area contributed by atoms with Gasteiger partial charge in [-0.15, -0.1) is 0 Å². The highest BCUT2D eigenvalue weighted by Crippen LogP contribution is 2.21. The van der Waals surface area contributed by atoms with Gasteiger partial charge in [0.2, 0.25) is 5.78 Å². The van der Waals surface area contributed by atoms with Crippen LogP contribution in [-0.4, -0.2) is 30.7 Å². The van der Waals surface area contributed by atoms with E-state index in [-0.39, 0.29) is 17.6 Å². The van der Waals surface area contributed by atoms with Crippen molar-refractivity contribution in [1.29, 1.82) is 0 Å². The van der Waals surface area contributed by atoms with Gasteiger partial charge in [0.25, 0.3) is 0 Å². The van der Waals surface area contributed by atoms with Gasteiger partial charge in [-0.05, 0) is 29.8 Å². The van der Waals surface area contributed by atoms with Crippen LogP contribution >= 0.6 is 15.9 Å². The summed E-state index contributed by atoms with van der Waals surface area (Å²) < 4.78 is 2.30. The van der Waals surface area contributed by atoms with Crippen LogP contribution < -0.4 is 0 Å². The third-order valence-electron chi connectivity index (χ3n) is 2.09. The molecule has 2 aromatic heterocycles. The molecule has 0 unspecified atom stereocenters. The number of halogens is 1. The highest BCUT2D eigenvalue weighted by molar-refractivity contribution is 9.10. The number of nitrogens with zero attached hydrogens (tertiary/aromatic N) is 4. The number of carbonyl (C=O) groups is 1. The fraction of sp³-hybridized carbons (Fsp3) is 0.333. The third kappa shape index (κ3) is 1.78. The summed E-state index contributed by atoms with van der Waals surface area (Å²) in [6.45, 7) is 3.91. The fourth-order valence-corrected chi connectivity index (χ4v) is 1.83. The van der Waals surface area contributed by atoms with Crippen molar-refractivity contribution in [1.82, 2.24) is 25.0 Å². The van der Waals surface area contributed by atoms with Gasteiger partial charge in [0.1, 0.15) is 12.0 Å². The van der Waals surface area contributed by atoms with Crippen LogP contribution in [0.5, 0.6) is 0 Å². The number of carbonyl (C=O) groups excluding carboxylic acids is 1. The van der Waals surface area contributed by atoms with E-state index < -0.39 is 0 Å². The second kappa shape index (κ2) is 4.17. The van der Waals surface area contributed by atoms with E-state index in [1.807, 2.05) is 13.8 Å². The van der Waals surface area contributed by atoms with Crippen LogP contribution in [0.2, 0.25) is 0 Å². The predicted octanol–water partition coefficient (Wildman–Crippen LogP) is 1.58. The number of aromatic nitrogens is 5. The monoisotopic (exact) mass is 283 g/mol. The van der Waals surface area contributed by atoms with Gasteiger partial charge < -0.3 is 0 Å². The van der Waals surface area contributed by atoms with Crippen molar-refractivity contribution in [3.63, 3.8) is 0 Å². The van der Waals surface area contributed by atoms with Crippen molar-refractivity contribution in [2.75, 3.05) is 0 Å². The molecule has 0 aliphatic rings. The minimum absolute atomic E-state index is 0.105. The molecule has 0 atom stereocenters. The Labute approximate surface area is 100 Å². The average Bonchev–Trinajstić information content (AvgIpc) is 2.84. The molecule has 0 saturated heterocycles. The maximum Gasteiger partial charge on any atom is 0.248 e. The first-order valence-electron chi connectivity index (χ1n) is 4.74. The lowest BCUT2D eigenvalue weighted by Crippen LogP contribution is -2.15. The number of aromatic amines is 1. The van der Waals surface area contributed by atoms with Crippen LogP contribution in [-0.2, 0) is 0 Å². The van der Waals surface area contributed by atoms with E-state index in [9.17, 15) is 4.79 Å². The molecular weight excluding hydrogens is 274 g/mol.